The zero-order valence-corrected chi connectivity index (χ0v) is 9.32. The number of non-ortho nitro benzene ring substituents is 1. The minimum Gasteiger partial charge on any atom is -0.360 e. The van der Waals surface area contributed by atoms with E-state index < -0.39 is 4.92 Å². The summed E-state index contributed by atoms with van der Waals surface area (Å²) in [6, 6.07) is 4.65. The van der Waals surface area contributed by atoms with Crippen molar-refractivity contribution in [2.75, 3.05) is 0 Å². The van der Waals surface area contributed by atoms with Gasteiger partial charge in [0, 0.05) is 40.2 Å². The molecule has 3 rings (SSSR count). The Balaban J connectivity index is 2.23. The lowest BCUT2D eigenvalue weighted by Gasteiger charge is -1.95. The number of nitrogens with one attached hydrogen (secondary N) is 1. The molecule has 0 saturated carbocycles. The van der Waals surface area contributed by atoms with Crippen LogP contribution in [0.15, 0.2) is 35.3 Å². The van der Waals surface area contributed by atoms with Crippen molar-refractivity contribution in [3.63, 3.8) is 0 Å². The number of aromatic amines is 1. The average molecular weight is 246 g/mol. The predicted octanol–water partition coefficient (Wildman–Crippen LogP) is 3.20. The Morgan fingerprint density at radius 1 is 1.53 bits per heavy atom. The van der Waals surface area contributed by atoms with Gasteiger partial charge in [-0.1, -0.05) is 0 Å². The van der Waals surface area contributed by atoms with E-state index in [0.717, 1.165) is 16.5 Å². The molecule has 0 aliphatic carbocycles. The highest BCUT2D eigenvalue weighted by atomic mass is 32.1. The van der Waals surface area contributed by atoms with Crippen molar-refractivity contribution in [3.8, 4) is 11.3 Å². The van der Waals surface area contributed by atoms with E-state index in [1.807, 2.05) is 0 Å². The van der Waals surface area contributed by atoms with E-state index >= 15 is 0 Å². The molecule has 1 aromatic carbocycles. The third-order valence-electron chi connectivity index (χ3n) is 2.54. The molecule has 0 saturated heterocycles. The zero-order valence-electron chi connectivity index (χ0n) is 9.51. The molecule has 0 spiro atoms. The molecule has 6 heteroatoms. The predicted molar refractivity (Wildman–Crippen MR) is 66.1 cm³/mol. The standard InChI is InChI=1S/C11H7N3O2S/c15-14(16)7-1-2-10-8(3-7)9(4-12-10)11-5-17-6-13-11/h1-6,12H/i6D. The van der Waals surface area contributed by atoms with Crippen LogP contribution < -0.4 is 0 Å². The quantitative estimate of drug-likeness (QED) is 0.557. The molecule has 2 aromatic heterocycles. The lowest BCUT2D eigenvalue weighted by molar-refractivity contribution is -0.384. The number of fused-ring (bicyclic) bond motifs is 1. The first-order valence-corrected chi connectivity index (χ1v) is 5.71. The van der Waals surface area contributed by atoms with Crippen LogP contribution >= 0.6 is 11.3 Å². The number of rotatable bonds is 2. The molecule has 0 radical (unpaired) electrons. The number of nitro benzene ring substituents is 1. The summed E-state index contributed by atoms with van der Waals surface area (Å²) in [6.07, 6.45) is 1.75. The molecule has 0 aliphatic heterocycles. The smallest absolute Gasteiger partial charge is 0.270 e. The number of hydrogen-bond donors (Lipinski definition) is 1. The third-order valence-corrected chi connectivity index (χ3v) is 3.08. The first kappa shape index (κ1) is 8.89. The molecule has 5 nitrogen and oxygen atoms in total. The number of nitro groups is 1. The van der Waals surface area contributed by atoms with Gasteiger partial charge in [-0.2, -0.15) is 0 Å². The van der Waals surface area contributed by atoms with Crippen LogP contribution in [0.3, 0.4) is 0 Å². The number of thiazole rings is 1. The molecular formula is C11H7N3O2S. The van der Waals surface area contributed by atoms with Gasteiger partial charge in [0.1, 0.15) is 0 Å². The Morgan fingerprint density at radius 2 is 2.41 bits per heavy atom. The highest BCUT2D eigenvalue weighted by molar-refractivity contribution is 7.07. The van der Waals surface area contributed by atoms with Gasteiger partial charge < -0.3 is 4.98 Å². The van der Waals surface area contributed by atoms with E-state index in [2.05, 4.69) is 9.97 Å². The van der Waals surface area contributed by atoms with E-state index in [9.17, 15) is 10.1 Å². The van der Waals surface area contributed by atoms with Crippen molar-refractivity contribution in [2.24, 2.45) is 0 Å². The van der Waals surface area contributed by atoms with Crippen LogP contribution in [-0.4, -0.2) is 14.9 Å². The van der Waals surface area contributed by atoms with Crippen molar-refractivity contribution in [1.82, 2.24) is 9.97 Å². The Hall–Kier alpha value is -2.21. The van der Waals surface area contributed by atoms with E-state index in [1.54, 1.807) is 17.6 Å². The number of hydrogen-bond acceptors (Lipinski definition) is 4. The first-order chi connectivity index (χ1) is 8.65. The van der Waals surface area contributed by atoms with E-state index in [4.69, 9.17) is 1.37 Å². The van der Waals surface area contributed by atoms with Crippen molar-refractivity contribution in [3.05, 3.63) is 45.4 Å². The summed E-state index contributed by atoms with van der Waals surface area (Å²) in [4.78, 5) is 17.5. The maximum Gasteiger partial charge on any atom is 0.270 e. The fourth-order valence-electron chi connectivity index (χ4n) is 1.74. The first-order valence-electron chi connectivity index (χ1n) is 5.33. The van der Waals surface area contributed by atoms with Crippen LogP contribution in [0.2, 0.25) is 0 Å². The fraction of sp³-hybridized carbons (Fsp3) is 0. The Bertz CT molecular complexity index is 750. The summed E-state index contributed by atoms with van der Waals surface area (Å²) in [5.74, 6) is 0. The average Bonchev–Trinajstić information content (AvgIpc) is 2.93. The molecule has 84 valence electrons. The topological polar surface area (TPSA) is 71.8 Å². The zero-order chi connectivity index (χ0) is 12.7. The Kier molecular flexibility index (Phi) is 1.92. The highest BCUT2D eigenvalue weighted by Gasteiger charge is 2.12. The maximum atomic E-state index is 10.8. The number of H-pyrrole nitrogens is 1. The molecule has 0 aliphatic rings. The van der Waals surface area contributed by atoms with Crippen LogP contribution in [0.5, 0.6) is 0 Å². The van der Waals surface area contributed by atoms with E-state index in [-0.39, 0.29) is 11.2 Å². The Morgan fingerprint density at radius 3 is 3.12 bits per heavy atom. The van der Waals surface area contributed by atoms with Crippen LogP contribution in [0, 0.1) is 10.1 Å². The minimum absolute atomic E-state index is 0.0460. The molecular weight excluding hydrogens is 238 g/mol. The number of aromatic nitrogens is 2. The minimum atomic E-state index is -0.423. The van der Waals surface area contributed by atoms with Crippen LogP contribution in [0.25, 0.3) is 22.2 Å². The lowest BCUT2D eigenvalue weighted by atomic mass is 10.1. The van der Waals surface area contributed by atoms with Crippen molar-refractivity contribution >= 4 is 27.9 Å². The molecule has 17 heavy (non-hydrogen) atoms. The molecule has 1 N–H and O–H groups in total. The summed E-state index contributed by atoms with van der Waals surface area (Å²) >= 11 is 1.23. The van der Waals surface area contributed by atoms with E-state index in [1.165, 1.54) is 23.5 Å². The van der Waals surface area contributed by atoms with Gasteiger partial charge in [0.2, 0.25) is 0 Å². The van der Waals surface area contributed by atoms with Crippen LogP contribution in [0.1, 0.15) is 1.37 Å². The van der Waals surface area contributed by atoms with Gasteiger partial charge in [-0.15, -0.1) is 11.3 Å². The molecule has 0 unspecified atom stereocenters. The second kappa shape index (κ2) is 3.67. The normalized spacial score (nSPS) is 11.6. The molecule has 0 amide bonds. The maximum absolute atomic E-state index is 10.8. The van der Waals surface area contributed by atoms with Gasteiger partial charge in [-0.25, -0.2) is 4.98 Å². The summed E-state index contributed by atoms with van der Waals surface area (Å²) in [5.41, 5.74) is 2.53. The van der Waals surface area contributed by atoms with Gasteiger partial charge >= 0.3 is 0 Å². The van der Waals surface area contributed by atoms with Crippen molar-refractivity contribution in [1.29, 1.82) is 0 Å². The summed E-state index contributed by atoms with van der Waals surface area (Å²) in [5, 5.41) is 13.3. The van der Waals surface area contributed by atoms with Gasteiger partial charge in [-0.3, -0.25) is 10.1 Å². The fourth-order valence-corrected chi connectivity index (χ4v) is 2.24. The lowest BCUT2D eigenvalue weighted by Crippen LogP contribution is -1.86. The van der Waals surface area contributed by atoms with Gasteiger partial charge in [-0.05, 0) is 6.07 Å². The van der Waals surface area contributed by atoms with E-state index in [0.29, 0.717) is 5.69 Å². The molecule has 0 bridgehead atoms. The molecule has 3 aromatic rings. The van der Waals surface area contributed by atoms with Gasteiger partial charge in [0.25, 0.3) is 5.69 Å². The summed E-state index contributed by atoms with van der Waals surface area (Å²) in [6.45, 7) is 0. The van der Waals surface area contributed by atoms with Crippen LogP contribution in [-0.2, 0) is 0 Å². The summed E-state index contributed by atoms with van der Waals surface area (Å²) < 4.78 is 7.43. The largest absolute Gasteiger partial charge is 0.360 e. The molecule has 0 atom stereocenters. The summed E-state index contributed by atoms with van der Waals surface area (Å²) in [7, 11) is 0. The van der Waals surface area contributed by atoms with Gasteiger partial charge in [0.05, 0.1) is 17.5 Å². The molecule has 0 fully saturated rings. The van der Waals surface area contributed by atoms with Crippen molar-refractivity contribution in [2.45, 2.75) is 0 Å². The second-order valence-corrected chi connectivity index (χ2v) is 4.17. The number of nitrogens with zero attached hydrogens (tertiary/aromatic N) is 2. The third kappa shape index (κ3) is 1.58. The van der Waals surface area contributed by atoms with Crippen LogP contribution in [0.4, 0.5) is 5.69 Å². The second-order valence-electron chi connectivity index (χ2n) is 3.51. The Labute approximate surface area is 101 Å². The molecule has 2 heterocycles. The number of benzene rings is 1. The monoisotopic (exact) mass is 246 g/mol. The van der Waals surface area contributed by atoms with Gasteiger partial charge in [0.15, 0.2) is 0 Å². The SMILES string of the molecule is [2H]c1nc(-c2c[nH]c3ccc([N+](=O)[O-])cc23)cs1. The van der Waals surface area contributed by atoms with Crippen molar-refractivity contribution < 1.29 is 6.29 Å². The highest BCUT2D eigenvalue weighted by Crippen LogP contribution is 2.30.